The van der Waals surface area contributed by atoms with E-state index in [1.807, 2.05) is 17.9 Å². The molecule has 0 spiro atoms. The first-order chi connectivity index (χ1) is 12.6. The first-order valence-electron chi connectivity index (χ1n) is 9.30. The maximum absolute atomic E-state index is 13.0. The fourth-order valence-electron chi connectivity index (χ4n) is 3.17. The van der Waals surface area contributed by atoms with Gasteiger partial charge in [-0.2, -0.15) is 0 Å². The van der Waals surface area contributed by atoms with Gasteiger partial charge in [0.2, 0.25) is 0 Å². The van der Waals surface area contributed by atoms with Crippen molar-refractivity contribution in [1.82, 2.24) is 14.9 Å². The van der Waals surface area contributed by atoms with Crippen LogP contribution < -0.4 is 0 Å². The van der Waals surface area contributed by atoms with Gasteiger partial charge in [-0.05, 0) is 43.9 Å². The quantitative estimate of drug-likeness (QED) is 0.681. The molecule has 1 aliphatic carbocycles. The Balaban J connectivity index is 1.71. The van der Waals surface area contributed by atoms with Crippen LogP contribution in [0.5, 0.6) is 0 Å². The van der Waals surface area contributed by atoms with Crippen molar-refractivity contribution in [3.63, 3.8) is 0 Å². The molecule has 0 unspecified atom stereocenters. The average molecular weight is 355 g/mol. The standard InChI is InChI=1S/C20H25N3O3/c1-3-5-10-23(13-15-11-16(15)20(25)26-4-2)19(24)14-6-7-17-18(12-14)22-9-8-21-17/h6-9,12,15-16H,3-5,10-11,13H2,1-2H3/t15-,16+/m0/s1. The zero-order chi connectivity index (χ0) is 18.5. The number of esters is 1. The topological polar surface area (TPSA) is 72.4 Å². The number of hydrogen-bond donors (Lipinski definition) is 0. The number of rotatable bonds is 8. The minimum atomic E-state index is -0.138. The Bertz CT molecular complexity index is 793. The zero-order valence-electron chi connectivity index (χ0n) is 15.4. The third-order valence-corrected chi connectivity index (χ3v) is 4.75. The van der Waals surface area contributed by atoms with Gasteiger partial charge in [0, 0.05) is 31.0 Å². The summed E-state index contributed by atoms with van der Waals surface area (Å²) in [6, 6.07) is 5.42. The van der Waals surface area contributed by atoms with Crippen LogP contribution in [0.2, 0.25) is 0 Å². The second-order valence-electron chi connectivity index (χ2n) is 6.72. The van der Waals surface area contributed by atoms with Crippen molar-refractivity contribution in [3.8, 4) is 0 Å². The number of carbonyl (C=O) groups excluding carboxylic acids is 2. The van der Waals surface area contributed by atoms with Gasteiger partial charge in [0.25, 0.3) is 5.91 Å². The highest BCUT2D eigenvalue weighted by Crippen LogP contribution is 2.40. The van der Waals surface area contributed by atoms with Crippen LogP contribution >= 0.6 is 0 Å². The molecule has 138 valence electrons. The van der Waals surface area contributed by atoms with Crippen LogP contribution in [0, 0.1) is 11.8 Å². The number of hydrogen-bond acceptors (Lipinski definition) is 5. The molecule has 1 aromatic carbocycles. The number of fused-ring (bicyclic) bond motifs is 1. The molecular formula is C20H25N3O3. The minimum Gasteiger partial charge on any atom is -0.466 e. The molecule has 2 atom stereocenters. The summed E-state index contributed by atoms with van der Waals surface area (Å²) >= 11 is 0. The Morgan fingerprint density at radius 2 is 1.96 bits per heavy atom. The largest absolute Gasteiger partial charge is 0.466 e. The number of unbranched alkanes of at least 4 members (excludes halogenated alkanes) is 1. The minimum absolute atomic E-state index is 0.0134. The van der Waals surface area contributed by atoms with E-state index in [2.05, 4.69) is 16.9 Å². The highest BCUT2D eigenvalue weighted by Gasteiger charge is 2.45. The molecular weight excluding hydrogens is 330 g/mol. The van der Waals surface area contributed by atoms with Crippen molar-refractivity contribution in [2.45, 2.75) is 33.1 Å². The van der Waals surface area contributed by atoms with Gasteiger partial charge in [0.1, 0.15) is 0 Å². The molecule has 0 N–H and O–H groups in total. The second-order valence-corrected chi connectivity index (χ2v) is 6.72. The highest BCUT2D eigenvalue weighted by molar-refractivity contribution is 5.97. The van der Waals surface area contributed by atoms with Crippen LogP contribution in [0.4, 0.5) is 0 Å². The molecule has 0 saturated heterocycles. The van der Waals surface area contributed by atoms with Gasteiger partial charge < -0.3 is 9.64 Å². The summed E-state index contributed by atoms with van der Waals surface area (Å²) in [6.45, 7) is 5.61. The summed E-state index contributed by atoms with van der Waals surface area (Å²) in [7, 11) is 0. The van der Waals surface area contributed by atoms with E-state index in [9.17, 15) is 9.59 Å². The van der Waals surface area contributed by atoms with Gasteiger partial charge in [0.05, 0.1) is 23.6 Å². The van der Waals surface area contributed by atoms with Crippen LogP contribution in [0.1, 0.15) is 43.5 Å². The van der Waals surface area contributed by atoms with Crippen molar-refractivity contribution in [3.05, 3.63) is 36.2 Å². The lowest BCUT2D eigenvalue weighted by molar-refractivity contribution is -0.145. The van der Waals surface area contributed by atoms with E-state index in [4.69, 9.17) is 4.74 Å². The maximum atomic E-state index is 13.0. The maximum Gasteiger partial charge on any atom is 0.309 e. The third kappa shape index (κ3) is 4.18. The SMILES string of the molecule is CCCCN(C[C@@H]1C[C@H]1C(=O)OCC)C(=O)c1ccc2nccnc2c1. The lowest BCUT2D eigenvalue weighted by Crippen LogP contribution is -2.34. The van der Waals surface area contributed by atoms with Crippen LogP contribution in [0.15, 0.2) is 30.6 Å². The Kier molecular flexibility index (Phi) is 5.81. The molecule has 6 heteroatoms. The predicted octanol–water partition coefficient (Wildman–Crippen LogP) is 3.07. The third-order valence-electron chi connectivity index (χ3n) is 4.75. The Labute approximate surface area is 153 Å². The molecule has 2 aromatic rings. The molecule has 1 aliphatic rings. The van der Waals surface area contributed by atoms with Crippen LogP contribution in [0.25, 0.3) is 11.0 Å². The number of carbonyl (C=O) groups is 2. The summed E-state index contributed by atoms with van der Waals surface area (Å²) in [4.78, 5) is 35.3. The van der Waals surface area contributed by atoms with Gasteiger partial charge in [-0.25, -0.2) is 0 Å². The van der Waals surface area contributed by atoms with E-state index >= 15 is 0 Å². The molecule has 0 aliphatic heterocycles. The molecule has 3 rings (SSSR count). The molecule has 1 saturated carbocycles. The lowest BCUT2D eigenvalue weighted by atomic mass is 10.1. The molecule has 0 bridgehead atoms. The second kappa shape index (κ2) is 8.25. The smallest absolute Gasteiger partial charge is 0.309 e. The lowest BCUT2D eigenvalue weighted by Gasteiger charge is -2.23. The summed E-state index contributed by atoms with van der Waals surface area (Å²) in [6.07, 6.45) is 6.02. The van der Waals surface area contributed by atoms with Crippen molar-refractivity contribution >= 4 is 22.9 Å². The number of ether oxygens (including phenoxy) is 1. The molecule has 1 aromatic heterocycles. The monoisotopic (exact) mass is 355 g/mol. The van der Waals surface area contributed by atoms with Gasteiger partial charge in [-0.3, -0.25) is 19.6 Å². The molecule has 1 fully saturated rings. The molecule has 26 heavy (non-hydrogen) atoms. The van der Waals surface area contributed by atoms with E-state index < -0.39 is 0 Å². The molecule has 1 amide bonds. The number of aromatic nitrogens is 2. The number of amides is 1. The van der Waals surface area contributed by atoms with Crippen molar-refractivity contribution in [1.29, 1.82) is 0 Å². The Morgan fingerprint density at radius 3 is 2.69 bits per heavy atom. The van der Waals surface area contributed by atoms with Crippen LogP contribution in [0.3, 0.4) is 0 Å². The van der Waals surface area contributed by atoms with E-state index in [0.717, 1.165) is 24.8 Å². The molecule has 0 radical (unpaired) electrons. The van der Waals surface area contributed by atoms with Gasteiger partial charge in [-0.15, -0.1) is 0 Å². The van der Waals surface area contributed by atoms with E-state index in [0.29, 0.717) is 30.8 Å². The average Bonchev–Trinajstić information content (AvgIpc) is 3.43. The van der Waals surface area contributed by atoms with Gasteiger partial charge in [-0.1, -0.05) is 13.3 Å². The van der Waals surface area contributed by atoms with Crippen LogP contribution in [-0.2, 0) is 9.53 Å². The zero-order valence-corrected chi connectivity index (χ0v) is 15.4. The van der Waals surface area contributed by atoms with Crippen LogP contribution in [-0.4, -0.2) is 46.4 Å². The summed E-state index contributed by atoms with van der Waals surface area (Å²) in [5.74, 6) is -0.00803. The summed E-state index contributed by atoms with van der Waals surface area (Å²) in [5.41, 5.74) is 2.10. The summed E-state index contributed by atoms with van der Waals surface area (Å²) in [5, 5.41) is 0. The van der Waals surface area contributed by atoms with Gasteiger partial charge in [0.15, 0.2) is 0 Å². The van der Waals surface area contributed by atoms with Crippen molar-refractivity contribution < 1.29 is 14.3 Å². The molecule has 6 nitrogen and oxygen atoms in total. The first-order valence-corrected chi connectivity index (χ1v) is 9.30. The van der Waals surface area contributed by atoms with Crippen molar-refractivity contribution in [2.24, 2.45) is 11.8 Å². The van der Waals surface area contributed by atoms with E-state index in [-0.39, 0.29) is 23.7 Å². The van der Waals surface area contributed by atoms with E-state index in [1.165, 1.54) is 0 Å². The Morgan fingerprint density at radius 1 is 1.19 bits per heavy atom. The number of nitrogens with zero attached hydrogens (tertiary/aromatic N) is 3. The fraction of sp³-hybridized carbons (Fsp3) is 0.500. The fourth-order valence-corrected chi connectivity index (χ4v) is 3.17. The number of benzene rings is 1. The van der Waals surface area contributed by atoms with Gasteiger partial charge >= 0.3 is 5.97 Å². The normalized spacial score (nSPS) is 18.5. The predicted molar refractivity (Wildman–Crippen MR) is 98.6 cm³/mol. The van der Waals surface area contributed by atoms with Crippen molar-refractivity contribution in [2.75, 3.05) is 19.7 Å². The Hall–Kier alpha value is -2.50. The highest BCUT2D eigenvalue weighted by atomic mass is 16.5. The molecule has 1 heterocycles. The first kappa shape index (κ1) is 18.3. The van der Waals surface area contributed by atoms with E-state index in [1.54, 1.807) is 24.5 Å². The summed E-state index contributed by atoms with van der Waals surface area (Å²) < 4.78 is 5.09.